The van der Waals surface area contributed by atoms with Gasteiger partial charge in [0.2, 0.25) is 5.95 Å². The summed E-state index contributed by atoms with van der Waals surface area (Å²) in [7, 11) is 5.05. The van der Waals surface area contributed by atoms with Crippen LogP contribution in [0.15, 0.2) is 53.6 Å². The zero-order valence-corrected chi connectivity index (χ0v) is 17.3. The van der Waals surface area contributed by atoms with E-state index in [1.54, 1.807) is 44.3 Å². The van der Waals surface area contributed by atoms with E-state index in [4.69, 9.17) is 14.5 Å². The second kappa shape index (κ2) is 8.54. The third kappa shape index (κ3) is 3.86. The van der Waals surface area contributed by atoms with Crippen LogP contribution in [0.3, 0.4) is 0 Å². The number of piperazine rings is 1. The topological polar surface area (TPSA) is 81.5 Å². The van der Waals surface area contributed by atoms with Gasteiger partial charge in [0.05, 0.1) is 26.0 Å². The molecule has 2 aromatic heterocycles. The van der Waals surface area contributed by atoms with Gasteiger partial charge in [-0.25, -0.2) is 4.98 Å². The number of methoxy groups -OCH3 is 2. The van der Waals surface area contributed by atoms with Crippen LogP contribution in [0.25, 0.3) is 11.3 Å². The Balaban J connectivity index is 1.67. The molecule has 8 nitrogen and oxygen atoms in total. The molecular weight excluding hydrogens is 382 g/mol. The molecule has 0 spiro atoms. The fourth-order valence-electron chi connectivity index (χ4n) is 3.73. The van der Waals surface area contributed by atoms with E-state index in [1.165, 1.54) is 0 Å². The summed E-state index contributed by atoms with van der Waals surface area (Å²) < 4.78 is 12.5. The van der Waals surface area contributed by atoms with Crippen molar-refractivity contribution in [2.75, 3.05) is 38.8 Å². The minimum Gasteiger partial charge on any atom is -0.497 e. The van der Waals surface area contributed by atoms with Gasteiger partial charge in [0.25, 0.3) is 5.56 Å². The highest BCUT2D eigenvalue weighted by Gasteiger charge is 2.26. The number of ether oxygens (including phenoxy) is 2. The number of aromatic nitrogens is 3. The van der Waals surface area contributed by atoms with E-state index >= 15 is 0 Å². The lowest BCUT2D eigenvalue weighted by molar-refractivity contribution is 0.379. The highest BCUT2D eigenvalue weighted by Crippen LogP contribution is 2.31. The van der Waals surface area contributed by atoms with Gasteiger partial charge >= 0.3 is 0 Å². The quantitative estimate of drug-likeness (QED) is 0.693. The molecule has 0 bridgehead atoms. The second-order valence-electron chi connectivity index (χ2n) is 7.14. The molecule has 0 aliphatic carbocycles. The minimum atomic E-state index is -0.0936. The normalized spacial score (nSPS) is 16.4. The van der Waals surface area contributed by atoms with Gasteiger partial charge in [0.15, 0.2) is 0 Å². The minimum absolute atomic E-state index is 0.0288. The number of rotatable bonds is 5. The van der Waals surface area contributed by atoms with Crippen LogP contribution in [0.5, 0.6) is 11.5 Å². The third-order valence-electron chi connectivity index (χ3n) is 5.36. The molecule has 1 saturated heterocycles. The van der Waals surface area contributed by atoms with Gasteiger partial charge in [0, 0.05) is 62.3 Å². The Hall–Kier alpha value is -3.39. The lowest BCUT2D eigenvalue weighted by atomic mass is 10.0. The predicted molar refractivity (Wildman–Crippen MR) is 115 cm³/mol. The summed E-state index contributed by atoms with van der Waals surface area (Å²) in [6.45, 7) is 2.16. The first-order valence-electron chi connectivity index (χ1n) is 9.79. The summed E-state index contributed by atoms with van der Waals surface area (Å²) in [6, 6.07) is 11.1. The van der Waals surface area contributed by atoms with Gasteiger partial charge in [-0.05, 0) is 24.3 Å². The molecule has 1 aliphatic heterocycles. The maximum Gasteiger partial charge on any atom is 0.255 e. The van der Waals surface area contributed by atoms with Crippen molar-refractivity contribution >= 4 is 5.95 Å². The fraction of sp³-hybridized carbons (Fsp3) is 0.318. The number of hydrogen-bond acceptors (Lipinski definition) is 7. The molecule has 3 aromatic rings. The Morgan fingerprint density at radius 3 is 2.63 bits per heavy atom. The Labute approximate surface area is 175 Å². The molecule has 0 amide bonds. The van der Waals surface area contributed by atoms with E-state index < -0.39 is 0 Å². The van der Waals surface area contributed by atoms with E-state index in [1.807, 2.05) is 30.3 Å². The van der Waals surface area contributed by atoms with Gasteiger partial charge in [-0.15, -0.1) is 0 Å². The van der Waals surface area contributed by atoms with Crippen LogP contribution in [0.2, 0.25) is 0 Å². The maximum absolute atomic E-state index is 12.6. The summed E-state index contributed by atoms with van der Waals surface area (Å²) in [5.74, 6) is 2.16. The first kappa shape index (κ1) is 19.9. The average molecular weight is 407 g/mol. The third-order valence-corrected chi connectivity index (χ3v) is 5.36. The zero-order valence-electron chi connectivity index (χ0n) is 17.3. The van der Waals surface area contributed by atoms with E-state index in [-0.39, 0.29) is 11.6 Å². The number of hydrogen-bond donors (Lipinski definition) is 1. The lowest BCUT2D eigenvalue weighted by Crippen LogP contribution is -2.47. The maximum atomic E-state index is 12.6. The molecule has 1 aromatic carbocycles. The van der Waals surface area contributed by atoms with Gasteiger partial charge in [-0.2, -0.15) is 0 Å². The number of anilines is 1. The molecule has 1 aliphatic rings. The molecule has 3 heterocycles. The molecule has 1 fully saturated rings. The SMILES string of the molecule is COc1ccc(C2CN(c3nc(-c4ccncc4)cc(=O)n3C)CCN2)c(OC)c1. The van der Waals surface area contributed by atoms with Crippen LogP contribution in [-0.4, -0.2) is 48.4 Å². The summed E-state index contributed by atoms with van der Waals surface area (Å²) >= 11 is 0. The van der Waals surface area contributed by atoms with E-state index in [9.17, 15) is 4.79 Å². The first-order chi connectivity index (χ1) is 14.6. The number of nitrogens with zero attached hydrogens (tertiary/aromatic N) is 4. The molecule has 4 rings (SSSR count). The van der Waals surface area contributed by atoms with Gasteiger partial charge in [-0.1, -0.05) is 0 Å². The standard InChI is InChI=1S/C22H25N5O3/c1-26-21(28)13-18(15-6-8-23-9-7-15)25-22(26)27-11-10-24-19(14-27)17-5-4-16(29-2)12-20(17)30-3/h4-9,12-13,19,24H,10-11,14H2,1-3H3. The summed E-state index contributed by atoms with van der Waals surface area (Å²) in [5.41, 5.74) is 2.46. The summed E-state index contributed by atoms with van der Waals surface area (Å²) in [6.07, 6.45) is 3.40. The van der Waals surface area contributed by atoms with Crippen molar-refractivity contribution in [3.63, 3.8) is 0 Å². The van der Waals surface area contributed by atoms with Crippen LogP contribution in [0.1, 0.15) is 11.6 Å². The first-order valence-corrected chi connectivity index (χ1v) is 9.79. The van der Waals surface area contributed by atoms with Crippen molar-refractivity contribution in [1.29, 1.82) is 0 Å². The molecule has 1 N–H and O–H groups in total. The largest absolute Gasteiger partial charge is 0.497 e. The fourth-order valence-corrected chi connectivity index (χ4v) is 3.73. The molecule has 8 heteroatoms. The number of nitrogens with one attached hydrogen (secondary N) is 1. The van der Waals surface area contributed by atoms with Crippen LogP contribution in [0, 0.1) is 0 Å². The van der Waals surface area contributed by atoms with Crippen molar-refractivity contribution < 1.29 is 9.47 Å². The average Bonchev–Trinajstić information content (AvgIpc) is 2.81. The Kier molecular flexibility index (Phi) is 5.67. The second-order valence-corrected chi connectivity index (χ2v) is 7.14. The monoisotopic (exact) mass is 407 g/mol. The van der Waals surface area contributed by atoms with Crippen LogP contribution >= 0.6 is 0 Å². The van der Waals surface area contributed by atoms with E-state index in [0.717, 1.165) is 35.7 Å². The van der Waals surface area contributed by atoms with Gasteiger partial charge in [-0.3, -0.25) is 14.3 Å². The van der Waals surface area contributed by atoms with Crippen molar-refractivity contribution in [3.8, 4) is 22.8 Å². The van der Waals surface area contributed by atoms with E-state index in [0.29, 0.717) is 18.2 Å². The lowest BCUT2D eigenvalue weighted by Gasteiger charge is -2.35. The van der Waals surface area contributed by atoms with Gasteiger partial charge < -0.3 is 19.7 Å². The number of pyridine rings is 1. The molecule has 156 valence electrons. The van der Waals surface area contributed by atoms with E-state index in [2.05, 4.69) is 15.2 Å². The summed E-state index contributed by atoms with van der Waals surface area (Å²) in [4.78, 5) is 23.6. The smallest absolute Gasteiger partial charge is 0.255 e. The molecular formula is C22H25N5O3. The van der Waals surface area contributed by atoms with Crippen LogP contribution in [0.4, 0.5) is 5.95 Å². The van der Waals surface area contributed by atoms with Crippen LogP contribution < -0.4 is 25.2 Å². The number of benzene rings is 1. The molecule has 0 saturated carbocycles. The molecule has 1 unspecified atom stereocenters. The van der Waals surface area contributed by atoms with Crippen molar-refractivity contribution in [3.05, 3.63) is 64.7 Å². The highest BCUT2D eigenvalue weighted by atomic mass is 16.5. The van der Waals surface area contributed by atoms with Crippen molar-refractivity contribution in [2.24, 2.45) is 7.05 Å². The summed E-state index contributed by atoms with van der Waals surface area (Å²) in [5, 5.41) is 3.54. The Bertz CT molecular complexity index is 1080. The zero-order chi connectivity index (χ0) is 21.1. The highest BCUT2D eigenvalue weighted by molar-refractivity contribution is 5.59. The molecule has 0 radical (unpaired) electrons. The Morgan fingerprint density at radius 2 is 1.90 bits per heavy atom. The van der Waals surface area contributed by atoms with Crippen molar-refractivity contribution in [1.82, 2.24) is 19.9 Å². The molecule has 30 heavy (non-hydrogen) atoms. The van der Waals surface area contributed by atoms with Crippen molar-refractivity contribution in [2.45, 2.75) is 6.04 Å². The van der Waals surface area contributed by atoms with Crippen LogP contribution in [-0.2, 0) is 7.05 Å². The van der Waals surface area contributed by atoms with Gasteiger partial charge in [0.1, 0.15) is 11.5 Å². The molecule has 1 atom stereocenters. The predicted octanol–water partition coefficient (Wildman–Crippen LogP) is 2.01. The Morgan fingerprint density at radius 1 is 1.10 bits per heavy atom.